The van der Waals surface area contributed by atoms with Crippen molar-refractivity contribution in [3.05, 3.63) is 58.0 Å². The first-order valence-corrected chi connectivity index (χ1v) is 11.9. The summed E-state index contributed by atoms with van der Waals surface area (Å²) >= 11 is 0. The molecule has 0 amide bonds. The third kappa shape index (κ3) is 5.88. The molecule has 0 saturated carbocycles. The topological polar surface area (TPSA) is 124 Å². The van der Waals surface area contributed by atoms with Crippen molar-refractivity contribution in [3.63, 3.8) is 0 Å². The average molecular weight is 534 g/mol. The molecule has 0 bridgehead atoms. The van der Waals surface area contributed by atoms with Gasteiger partial charge in [-0.25, -0.2) is 9.97 Å². The average Bonchev–Trinajstić information content (AvgIpc) is 3.32. The lowest BCUT2D eigenvalue weighted by molar-refractivity contribution is -0.389. The van der Waals surface area contributed by atoms with Crippen LogP contribution in [0.5, 0.6) is 11.8 Å². The second-order valence-electron chi connectivity index (χ2n) is 8.98. The van der Waals surface area contributed by atoms with E-state index >= 15 is 0 Å². The van der Waals surface area contributed by atoms with Gasteiger partial charge in [0.05, 0.1) is 6.04 Å². The lowest BCUT2D eigenvalue weighted by atomic mass is 10.2. The smallest absolute Gasteiger partial charge is 0.444 e. The van der Waals surface area contributed by atoms with E-state index in [0.717, 1.165) is 16.9 Å². The van der Waals surface area contributed by atoms with Gasteiger partial charge in [-0.3, -0.25) is 4.57 Å². The normalized spacial score (nSPS) is 17.6. The number of nitrogens with one attached hydrogen (secondary N) is 1. The number of rotatable bonds is 7. The minimum atomic E-state index is -4.71. The third-order valence-electron chi connectivity index (χ3n) is 6.39. The number of piperazine rings is 1. The number of aryl methyl sites for hydroxylation is 1. The highest BCUT2D eigenvalue weighted by Gasteiger charge is 2.31. The van der Waals surface area contributed by atoms with E-state index in [2.05, 4.69) is 34.8 Å². The highest BCUT2D eigenvalue weighted by atomic mass is 19.4. The van der Waals surface area contributed by atoms with Crippen molar-refractivity contribution in [2.75, 3.05) is 42.6 Å². The highest BCUT2D eigenvalue weighted by Crippen LogP contribution is 2.26. The second kappa shape index (κ2) is 10.3. The van der Waals surface area contributed by atoms with E-state index in [0.29, 0.717) is 51.8 Å². The van der Waals surface area contributed by atoms with E-state index in [4.69, 9.17) is 4.74 Å². The fraction of sp³-hybridized carbons (Fsp3) is 0.435. The Morgan fingerprint density at radius 2 is 1.87 bits per heavy atom. The number of benzene rings is 1. The van der Waals surface area contributed by atoms with Gasteiger partial charge >= 0.3 is 18.2 Å². The Morgan fingerprint density at radius 1 is 1.16 bits per heavy atom. The Hall–Kier alpha value is -4.14. The van der Waals surface area contributed by atoms with Gasteiger partial charge in [-0.1, -0.05) is 0 Å². The molecule has 1 fully saturated rings. The molecule has 12 nitrogen and oxygen atoms in total. The Kier molecular flexibility index (Phi) is 6.93. The summed E-state index contributed by atoms with van der Waals surface area (Å²) in [6.45, 7) is 5.92. The molecular formula is C23H25F3N8O4. The van der Waals surface area contributed by atoms with Gasteiger partial charge in [0, 0.05) is 67.4 Å². The number of anilines is 2. The Labute approximate surface area is 215 Å². The predicted octanol–water partition coefficient (Wildman–Crippen LogP) is 2.67. The molecule has 2 aliphatic heterocycles. The van der Waals surface area contributed by atoms with E-state index < -0.39 is 11.3 Å². The number of hydrogen-bond donors (Lipinski definition) is 1. The van der Waals surface area contributed by atoms with Crippen molar-refractivity contribution in [2.24, 2.45) is 0 Å². The molecule has 1 N–H and O–H groups in total. The number of halogens is 3. The predicted molar refractivity (Wildman–Crippen MR) is 129 cm³/mol. The van der Waals surface area contributed by atoms with Crippen LogP contribution in [-0.4, -0.2) is 69.6 Å². The van der Waals surface area contributed by atoms with Crippen molar-refractivity contribution in [2.45, 2.75) is 32.4 Å². The van der Waals surface area contributed by atoms with Crippen LogP contribution < -0.4 is 24.6 Å². The summed E-state index contributed by atoms with van der Waals surface area (Å²) in [4.78, 5) is 27.6. The summed E-state index contributed by atoms with van der Waals surface area (Å²) < 4.78 is 48.2. The molecule has 38 heavy (non-hydrogen) atoms. The number of nitrogens with zero attached hydrogens (tertiary/aromatic N) is 7. The number of imidazole rings is 1. The van der Waals surface area contributed by atoms with Gasteiger partial charge in [0.1, 0.15) is 18.6 Å². The number of alkyl halides is 3. The molecule has 1 unspecified atom stereocenters. The second-order valence-corrected chi connectivity index (χ2v) is 8.98. The minimum absolute atomic E-state index is 0.0578. The molecule has 4 heterocycles. The van der Waals surface area contributed by atoms with Gasteiger partial charge < -0.3 is 34.7 Å². The van der Waals surface area contributed by atoms with Crippen LogP contribution in [0.2, 0.25) is 0 Å². The molecule has 1 aromatic carbocycles. The molecule has 2 aromatic heterocycles. The molecular weight excluding hydrogens is 509 g/mol. The maximum Gasteiger partial charge on any atom is 0.573 e. The fourth-order valence-electron chi connectivity index (χ4n) is 4.39. The lowest BCUT2D eigenvalue weighted by Crippen LogP contribution is -2.47. The van der Waals surface area contributed by atoms with E-state index in [1.807, 2.05) is 6.92 Å². The summed E-state index contributed by atoms with van der Waals surface area (Å²) in [5.74, 6) is 0.135. The zero-order valence-corrected chi connectivity index (χ0v) is 20.4. The molecule has 3 aromatic rings. The summed E-state index contributed by atoms with van der Waals surface area (Å²) in [6, 6.07) is 6.04. The van der Waals surface area contributed by atoms with Crippen molar-refractivity contribution in [3.8, 4) is 11.8 Å². The van der Waals surface area contributed by atoms with Gasteiger partial charge in [0.15, 0.2) is 0 Å². The first-order chi connectivity index (χ1) is 18.1. The van der Waals surface area contributed by atoms with Crippen LogP contribution in [0.15, 0.2) is 36.7 Å². The molecule has 1 atom stereocenters. The summed E-state index contributed by atoms with van der Waals surface area (Å²) in [6.07, 6.45) is -1.56. The van der Waals surface area contributed by atoms with Gasteiger partial charge in [-0.2, -0.15) is 0 Å². The van der Waals surface area contributed by atoms with Crippen LogP contribution in [0, 0.1) is 17.0 Å². The largest absolute Gasteiger partial charge is 0.573 e. The maximum atomic E-state index is 12.4. The molecule has 0 spiro atoms. The highest BCUT2D eigenvalue weighted by molar-refractivity contribution is 5.51. The van der Waals surface area contributed by atoms with Gasteiger partial charge in [-0.05, 0) is 36.1 Å². The molecule has 5 rings (SSSR count). The van der Waals surface area contributed by atoms with Crippen LogP contribution >= 0.6 is 0 Å². The Balaban J connectivity index is 1.12. The number of nitro groups is 1. The molecule has 0 radical (unpaired) electrons. The summed E-state index contributed by atoms with van der Waals surface area (Å²) in [5, 5.41) is 14.3. The standard InChI is InChI=1S/C23H25F3N8O4/c1-15-16(10-27-17-12-33-13-20(34(35)36)30-22(33)37-14-17)11-28-21(29-15)32-8-6-31(7-9-32)18-2-4-19(5-3-18)38-23(24,25)26/h2-5,11,13,17,27H,6-10,12,14H2,1H3. The van der Waals surface area contributed by atoms with E-state index in [-0.39, 0.29) is 23.6 Å². The molecule has 15 heteroatoms. The van der Waals surface area contributed by atoms with Crippen LogP contribution in [0.4, 0.5) is 30.6 Å². The van der Waals surface area contributed by atoms with Crippen molar-refractivity contribution in [1.29, 1.82) is 0 Å². The van der Waals surface area contributed by atoms with Gasteiger partial charge in [0.25, 0.3) is 0 Å². The molecule has 1 saturated heterocycles. The molecule has 0 aliphatic carbocycles. The number of ether oxygens (including phenoxy) is 2. The van der Waals surface area contributed by atoms with Crippen LogP contribution in [0.3, 0.4) is 0 Å². The van der Waals surface area contributed by atoms with E-state index in [9.17, 15) is 23.3 Å². The van der Waals surface area contributed by atoms with Crippen molar-refractivity contribution >= 4 is 17.5 Å². The SMILES string of the molecule is Cc1nc(N2CCN(c3ccc(OC(F)(F)F)cc3)CC2)ncc1CNC1COc2nc([N+](=O)[O-])cn2C1. The van der Waals surface area contributed by atoms with E-state index in [1.54, 1.807) is 22.9 Å². The van der Waals surface area contributed by atoms with Crippen LogP contribution in [0.1, 0.15) is 11.3 Å². The Morgan fingerprint density at radius 3 is 2.53 bits per heavy atom. The number of fused-ring (bicyclic) bond motifs is 1. The zero-order valence-electron chi connectivity index (χ0n) is 20.4. The number of aromatic nitrogens is 4. The monoisotopic (exact) mass is 534 g/mol. The van der Waals surface area contributed by atoms with Crippen molar-refractivity contribution < 1.29 is 27.6 Å². The van der Waals surface area contributed by atoms with E-state index in [1.165, 1.54) is 18.3 Å². The summed E-state index contributed by atoms with van der Waals surface area (Å²) in [7, 11) is 0. The lowest BCUT2D eigenvalue weighted by Gasteiger charge is -2.36. The third-order valence-corrected chi connectivity index (χ3v) is 6.39. The zero-order chi connectivity index (χ0) is 26.9. The van der Waals surface area contributed by atoms with Gasteiger partial charge in [-0.15, -0.1) is 13.2 Å². The molecule has 2 aliphatic rings. The van der Waals surface area contributed by atoms with Gasteiger partial charge in [0.2, 0.25) is 5.95 Å². The maximum absolute atomic E-state index is 12.4. The number of hydrogen-bond acceptors (Lipinski definition) is 10. The minimum Gasteiger partial charge on any atom is -0.444 e. The summed E-state index contributed by atoms with van der Waals surface area (Å²) in [5.41, 5.74) is 2.58. The quantitative estimate of drug-likeness (QED) is 0.357. The van der Waals surface area contributed by atoms with Crippen LogP contribution in [0.25, 0.3) is 0 Å². The van der Waals surface area contributed by atoms with Crippen molar-refractivity contribution in [1.82, 2.24) is 24.8 Å². The fourth-order valence-corrected chi connectivity index (χ4v) is 4.39. The Bertz CT molecular complexity index is 1290. The van der Waals surface area contributed by atoms with Crippen LogP contribution in [-0.2, 0) is 13.1 Å². The first-order valence-electron chi connectivity index (χ1n) is 11.9. The first kappa shape index (κ1) is 25.5. The molecule has 202 valence electrons.